The number of ether oxygens (including phenoxy) is 2. The predicted octanol–water partition coefficient (Wildman–Crippen LogP) is 5.37. The second kappa shape index (κ2) is 10.5. The van der Waals surface area contributed by atoms with E-state index in [-0.39, 0.29) is 29.8 Å². The Morgan fingerprint density at radius 3 is 2.49 bits per heavy atom. The Balaban J connectivity index is 1.36. The van der Waals surface area contributed by atoms with Crippen LogP contribution in [0.3, 0.4) is 0 Å². The molecular weight excluding hydrogens is 490 g/mol. The van der Waals surface area contributed by atoms with Crippen LogP contribution < -0.4 is 10.1 Å². The maximum atomic E-state index is 13.9. The quantitative estimate of drug-likeness (QED) is 0.418. The number of amides is 1. The van der Waals surface area contributed by atoms with Crippen molar-refractivity contribution in [2.75, 3.05) is 13.7 Å². The molecule has 204 valence electrons. The number of carbonyl (C=O) groups excluding carboxylic acids is 2. The van der Waals surface area contributed by atoms with E-state index in [4.69, 9.17) is 14.6 Å². The maximum Gasteiger partial charge on any atom is 0.311 e. The largest absolute Gasteiger partial charge is 0.497 e. The zero-order valence-electron chi connectivity index (χ0n) is 23.0. The molecule has 1 amide bonds. The lowest BCUT2D eigenvalue weighted by molar-refractivity contribution is -0.151. The number of nitrogens with one attached hydrogen (secondary N) is 1. The zero-order chi connectivity index (χ0) is 27.1. The minimum absolute atomic E-state index is 0.0161. The van der Waals surface area contributed by atoms with E-state index in [1.54, 1.807) is 7.11 Å². The fourth-order valence-corrected chi connectivity index (χ4v) is 7.13. The van der Waals surface area contributed by atoms with Gasteiger partial charge >= 0.3 is 5.97 Å². The first kappa shape index (κ1) is 25.7. The first-order valence-electron chi connectivity index (χ1n) is 14.3. The molecular formula is C32H37N3O4. The molecule has 7 nitrogen and oxygen atoms in total. The van der Waals surface area contributed by atoms with E-state index in [1.165, 1.54) is 5.56 Å². The number of hydrogen-bond donors (Lipinski definition) is 1. The molecule has 7 heteroatoms. The number of aryl methyl sites for hydroxylation is 1. The van der Waals surface area contributed by atoms with Gasteiger partial charge in [0.25, 0.3) is 0 Å². The summed E-state index contributed by atoms with van der Waals surface area (Å²) in [6.07, 6.45) is 5.63. The van der Waals surface area contributed by atoms with E-state index in [0.29, 0.717) is 18.4 Å². The zero-order valence-corrected chi connectivity index (χ0v) is 23.0. The highest BCUT2D eigenvalue weighted by atomic mass is 16.5. The van der Waals surface area contributed by atoms with Crippen LogP contribution in [0.5, 0.6) is 5.75 Å². The molecule has 3 aliphatic rings. The summed E-state index contributed by atoms with van der Waals surface area (Å²) >= 11 is 0. The van der Waals surface area contributed by atoms with E-state index < -0.39 is 0 Å². The van der Waals surface area contributed by atoms with E-state index in [1.807, 2.05) is 35.9 Å². The van der Waals surface area contributed by atoms with Crippen LogP contribution in [0.25, 0.3) is 16.9 Å². The fourth-order valence-electron chi connectivity index (χ4n) is 7.13. The second-order valence-electron chi connectivity index (χ2n) is 11.3. The van der Waals surface area contributed by atoms with Crippen LogP contribution in [0, 0.1) is 24.7 Å². The van der Waals surface area contributed by atoms with E-state index >= 15 is 0 Å². The third-order valence-corrected chi connectivity index (χ3v) is 9.01. The minimum Gasteiger partial charge on any atom is -0.497 e. The first-order valence-corrected chi connectivity index (χ1v) is 14.3. The lowest BCUT2D eigenvalue weighted by Crippen LogP contribution is -2.49. The molecule has 3 unspecified atom stereocenters. The lowest BCUT2D eigenvalue weighted by Gasteiger charge is -2.32. The maximum absolute atomic E-state index is 13.9. The molecule has 0 aliphatic heterocycles. The Bertz CT molecular complexity index is 1360. The Morgan fingerprint density at radius 2 is 1.77 bits per heavy atom. The van der Waals surface area contributed by atoms with Crippen molar-refractivity contribution >= 4 is 11.9 Å². The number of hydrogen-bond acceptors (Lipinski definition) is 5. The van der Waals surface area contributed by atoms with E-state index in [9.17, 15) is 9.59 Å². The number of carbonyl (C=O) groups is 2. The van der Waals surface area contributed by atoms with Gasteiger partial charge in [0.1, 0.15) is 5.75 Å². The van der Waals surface area contributed by atoms with Gasteiger partial charge in [-0.25, -0.2) is 4.68 Å². The molecule has 5 atom stereocenters. The standard InChI is InChI=1S/C32H37N3O4/c1-4-39-32(37)27-21-12-13-22(18-21)28(27)33-31(36)26-7-5-6-25-29(26)34-35(23-14-16-24(38-3)17-15-23)30(25)20-10-8-19(2)9-11-20/h8-11,14-17,21-22,26-28H,4-7,12-13,18H2,1-3H3,(H,33,36)/t21?,22?,26?,27-,28+/m0/s1. The van der Waals surface area contributed by atoms with Gasteiger partial charge in [0.15, 0.2) is 0 Å². The summed E-state index contributed by atoms with van der Waals surface area (Å²) in [6.45, 7) is 4.29. The molecule has 0 saturated heterocycles. The molecule has 1 N–H and O–H groups in total. The molecule has 0 radical (unpaired) electrons. The molecule has 6 rings (SSSR count). The molecule has 1 heterocycles. The average molecular weight is 528 g/mol. The Labute approximate surface area is 229 Å². The van der Waals surface area contributed by atoms with Crippen molar-refractivity contribution in [1.29, 1.82) is 0 Å². The Kier molecular flexibility index (Phi) is 6.92. The number of nitrogens with zero attached hydrogens (tertiary/aromatic N) is 2. The van der Waals surface area contributed by atoms with Gasteiger partial charge in [-0.1, -0.05) is 29.8 Å². The highest BCUT2D eigenvalue weighted by Crippen LogP contribution is 2.49. The van der Waals surface area contributed by atoms with Crippen LogP contribution in [0.15, 0.2) is 48.5 Å². The predicted molar refractivity (Wildman–Crippen MR) is 149 cm³/mol. The summed E-state index contributed by atoms with van der Waals surface area (Å²) in [5.74, 6) is 0.671. The van der Waals surface area contributed by atoms with Gasteiger partial charge in [0, 0.05) is 17.2 Å². The van der Waals surface area contributed by atoms with Crippen LogP contribution in [-0.2, 0) is 20.7 Å². The van der Waals surface area contributed by atoms with Crippen molar-refractivity contribution in [3.63, 3.8) is 0 Å². The van der Waals surface area contributed by atoms with Crippen LogP contribution in [0.2, 0.25) is 0 Å². The van der Waals surface area contributed by atoms with Gasteiger partial charge in [0.05, 0.1) is 42.6 Å². The van der Waals surface area contributed by atoms with Crippen molar-refractivity contribution in [3.8, 4) is 22.7 Å². The number of aromatic nitrogens is 2. The molecule has 2 aromatic carbocycles. The van der Waals surface area contributed by atoms with Crippen molar-refractivity contribution in [2.45, 2.75) is 64.3 Å². The summed E-state index contributed by atoms with van der Waals surface area (Å²) in [7, 11) is 1.66. The van der Waals surface area contributed by atoms with Crippen LogP contribution >= 0.6 is 0 Å². The molecule has 1 aromatic heterocycles. The summed E-state index contributed by atoms with van der Waals surface area (Å²) in [4.78, 5) is 26.7. The van der Waals surface area contributed by atoms with Gasteiger partial charge < -0.3 is 14.8 Å². The van der Waals surface area contributed by atoms with Gasteiger partial charge in [-0.15, -0.1) is 0 Å². The molecule has 3 aliphatic carbocycles. The van der Waals surface area contributed by atoms with Gasteiger partial charge in [-0.05, 0) is 88.5 Å². The fraction of sp³-hybridized carbons (Fsp3) is 0.469. The van der Waals surface area contributed by atoms with Crippen molar-refractivity contribution < 1.29 is 19.1 Å². The van der Waals surface area contributed by atoms with E-state index in [0.717, 1.165) is 72.5 Å². The van der Waals surface area contributed by atoms with Crippen LogP contribution in [-0.4, -0.2) is 41.4 Å². The summed E-state index contributed by atoms with van der Waals surface area (Å²) in [5.41, 5.74) is 6.23. The molecule has 2 saturated carbocycles. The molecule has 2 fully saturated rings. The Hall–Kier alpha value is -3.61. The minimum atomic E-state index is -0.348. The van der Waals surface area contributed by atoms with Crippen LogP contribution in [0.1, 0.15) is 61.8 Å². The Morgan fingerprint density at radius 1 is 1.03 bits per heavy atom. The van der Waals surface area contributed by atoms with Crippen molar-refractivity contribution in [2.24, 2.45) is 17.8 Å². The first-order chi connectivity index (χ1) is 19.0. The number of esters is 1. The van der Waals surface area contributed by atoms with Crippen molar-refractivity contribution in [3.05, 3.63) is 65.4 Å². The monoisotopic (exact) mass is 527 g/mol. The van der Waals surface area contributed by atoms with Gasteiger partial charge in [0.2, 0.25) is 5.91 Å². The normalized spacial score (nSPS) is 25.3. The van der Waals surface area contributed by atoms with Gasteiger partial charge in [-0.3, -0.25) is 9.59 Å². The summed E-state index contributed by atoms with van der Waals surface area (Å²) in [5, 5.41) is 8.44. The van der Waals surface area contributed by atoms with E-state index in [2.05, 4.69) is 36.5 Å². The number of fused-ring (bicyclic) bond motifs is 3. The molecule has 3 aromatic rings. The topological polar surface area (TPSA) is 82.5 Å². The summed E-state index contributed by atoms with van der Waals surface area (Å²) in [6, 6.07) is 16.2. The average Bonchev–Trinajstić information content (AvgIpc) is 3.67. The number of rotatable bonds is 7. The lowest BCUT2D eigenvalue weighted by atomic mass is 9.82. The number of methoxy groups -OCH3 is 1. The molecule has 0 spiro atoms. The highest BCUT2D eigenvalue weighted by molar-refractivity contribution is 5.86. The second-order valence-corrected chi connectivity index (χ2v) is 11.3. The summed E-state index contributed by atoms with van der Waals surface area (Å²) < 4.78 is 12.8. The van der Waals surface area contributed by atoms with Gasteiger partial charge in [-0.2, -0.15) is 5.10 Å². The number of benzene rings is 2. The third-order valence-electron chi connectivity index (χ3n) is 9.01. The smallest absolute Gasteiger partial charge is 0.311 e. The third kappa shape index (κ3) is 4.62. The van der Waals surface area contributed by atoms with Crippen molar-refractivity contribution in [1.82, 2.24) is 15.1 Å². The molecule has 2 bridgehead atoms. The molecule has 39 heavy (non-hydrogen) atoms. The SMILES string of the molecule is CCOC(=O)[C@H]1C2CCC(C2)[C@H]1NC(=O)C1CCCc2c1nn(-c1ccc(OC)cc1)c2-c1ccc(C)cc1. The highest BCUT2D eigenvalue weighted by Gasteiger charge is 2.52. The van der Waals surface area contributed by atoms with Crippen LogP contribution in [0.4, 0.5) is 0 Å².